The molecular formula is C28H26Br2N2O2. The second-order valence-corrected chi connectivity index (χ2v) is 7.75. The molecule has 0 amide bonds. The van der Waals surface area contributed by atoms with Crippen LogP contribution >= 0.6 is 0 Å². The molecule has 4 rings (SSSR count). The van der Waals surface area contributed by atoms with Crippen LogP contribution in [0.2, 0.25) is 0 Å². The van der Waals surface area contributed by atoms with Crippen molar-refractivity contribution in [3.63, 3.8) is 0 Å². The Bertz CT molecular complexity index is 1080. The van der Waals surface area contributed by atoms with Crippen LogP contribution in [0.4, 0.5) is 0 Å². The molecule has 0 aliphatic heterocycles. The van der Waals surface area contributed by atoms with Gasteiger partial charge in [0.05, 0.1) is 0 Å². The van der Waals surface area contributed by atoms with Crippen molar-refractivity contribution >= 4 is 11.6 Å². The molecule has 0 unspecified atom stereocenters. The third kappa shape index (κ3) is 7.27. The molecular weight excluding hydrogens is 556 g/mol. The second kappa shape index (κ2) is 13.7. The van der Waals surface area contributed by atoms with Gasteiger partial charge in [0.2, 0.25) is 0 Å². The number of rotatable bonds is 9. The van der Waals surface area contributed by atoms with Crippen molar-refractivity contribution in [2.75, 3.05) is 0 Å². The summed E-state index contributed by atoms with van der Waals surface area (Å²) in [6.45, 7) is 1.79. The van der Waals surface area contributed by atoms with Crippen LogP contribution in [0.3, 0.4) is 0 Å². The molecule has 0 spiro atoms. The Balaban J connectivity index is 0.00000204. The fourth-order valence-electron chi connectivity index (χ4n) is 3.62. The van der Waals surface area contributed by atoms with Crippen LogP contribution < -0.4 is 43.1 Å². The Labute approximate surface area is 221 Å². The van der Waals surface area contributed by atoms with E-state index in [0.717, 1.165) is 25.9 Å². The van der Waals surface area contributed by atoms with Crippen LogP contribution in [0.5, 0.6) is 0 Å². The van der Waals surface area contributed by atoms with Crippen molar-refractivity contribution in [3.05, 3.63) is 132 Å². The van der Waals surface area contributed by atoms with E-state index in [-0.39, 0.29) is 45.5 Å². The van der Waals surface area contributed by atoms with E-state index in [1.807, 2.05) is 110 Å². The molecule has 0 atom stereocenters. The summed E-state index contributed by atoms with van der Waals surface area (Å²) in [5.41, 5.74) is 2.82. The molecule has 6 heteroatoms. The van der Waals surface area contributed by atoms with Crippen molar-refractivity contribution in [3.8, 4) is 0 Å². The molecule has 0 fully saturated rings. The zero-order valence-electron chi connectivity index (χ0n) is 18.7. The fourth-order valence-corrected chi connectivity index (χ4v) is 3.62. The molecule has 0 saturated heterocycles. The maximum Gasteiger partial charge on any atom is 0.193 e. The maximum atomic E-state index is 12.5. The number of carbonyl (C=O) groups excluding carboxylic acids is 2. The minimum Gasteiger partial charge on any atom is -1.00 e. The van der Waals surface area contributed by atoms with Crippen LogP contribution in [-0.2, 0) is 13.1 Å². The summed E-state index contributed by atoms with van der Waals surface area (Å²) < 4.78 is 4.21. The first-order valence-electron chi connectivity index (χ1n) is 10.9. The third-order valence-corrected chi connectivity index (χ3v) is 5.46. The topological polar surface area (TPSA) is 41.9 Å². The summed E-state index contributed by atoms with van der Waals surface area (Å²) in [5, 5.41) is 0. The number of ketones is 2. The molecule has 0 aliphatic carbocycles. The predicted octanol–water partition coefficient (Wildman–Crippen LogP) is -1.79. The molecule has 0 N–H and O–H groups in total. The highest BCUT2D eigenvalue weighted by Crippen LogP contribution is 2.09. The molecule has 2 aromatic heterocycles. The van der Waals surface area contributed by atoms with E-state index in [1.165, 1.54) is 0 Å². The SMILES string of the molecule is O=C(c1ccccc1)c1cc[n+](CCCC[n+]2ccc(C(=O)c3ccccc3)cc2)cc1.[Br-].[Br-]. The first-order valence-corrected chi connectivity index (χ1v) is 10.9. The number of nitrogens with zero attached hydrogens (tertiary/aromatic N) is 2. The van der Waals surface area contributed by atoms with Gasteiger partial charge >= 0.3 is 0 Å². The number of unbranched alkanes of at least 4 members (excludes halogenated alkanes) is 1. The van der Waals surface area contributed by atoms with Crippen molar-refractivity contribution in [1.29, 1.82) is 0 Å². The van der Waals surface area contributed by atoms with Gasteiger partial charge in [0.15, 0.2) is 36.4 Å². The van der Waals surface area contributed by atoms with Gasteiger partial charge in [-0.1, -0.05) is 60.7 Å². The van der Waals surface area contributed by atoms with Crippen LogP contribution in [-0.4, -0.2) is 11.6 Å². The smallest absolute Gasteiger partial charge is 0.193 e. The van der Waals surface area contributed by atoms with Gasteiger partial charge in [0.25, 0.3) is 0 Å². The zero-order chi connectivity index (χ0) is 22.2. The molecule has 0 bridgehead atoms. The monoisotopic (exact) mass is 580 g/mol. The second-order valence-electron chi connectivity index (χ2n) is 7.75. The summed E-state index contributed by atoms with van der Waals surface area (Å²) in [6.07, 6.45) is 9.91. The van der Waals surface area contributed by atoms with E-state index in [4.69, 9.17) is 0 Å². The number of aromatic nitrogens is 2. The van der Waals surface area contributed by atoms with E-state index in [1.54, 1.807) is 0 Å². The van der Waals surface area contributed by atoms with Crippen molar-refractivity contribution in [2.24, 2.45) is 0 Å². The lowest BCUT2D eigenvalue weighted by atomic mass is 10.0. The molecule has 0 saturated carbocycles. The third-order valence-electron chi connectivity index (χ3n) is 5.46. The summed E-state index contributed by atoms with van der Waals surface area (Å²) in [5.74, 6) is 0.0895. The Morgan fingerprint density at radius 3 is 1.09 bits per heavy atom. The predicted molar refractivity (Wildman–Crippen MR) is 122 cm³/mol. The number of pyridine rings is 2. The maximum absolute atomic E-state index is 12.5. The lowest BCUT2D eigenvalue weighted by molar-refractivity contribution is -0.708. The number of aryl methyl sites for hydroxylation is 2. The van der Waals surface area contributed by atoms with Crippen LogP contribution in [0.15, 0.2) is 110 Å². The first-order chi connectivity index (χ1) is 15.7. The molecule has 0 aliphatic rings. The van der Waals surface area contributed by atoms with Gasteiger partial charge < -0.3 is 34.0 Å². The van der Waals surface area contributed by atoms with Crippen molar-refractivity contribution in [2.45, 2.75) is 25.9 Å². The normalized spacial score (nSPS) is 10.0. The minimum absolute atomic E-state index is 0. The Hall–Kier alpha value is -2.96. The number of hydrogen-bond donors (Lipinski definition) is 0. The van der Waals surface area contributed by atoms with Crippen molar-refractivity contribution in [1.82, 2.24) is 0 Å². The van der Waals surface area contributed by atoms with E-state index in [9.17, 15) is 9.59 Å². The first kappa shape index (κ1) is 27.3. The van der Waals surface area contributed by atoms with Gasteiger partial charge in [-0.05, 0) is 0 Å². The molecule has 4 aromatic rings. The Morgan fingerprint density at radius 1 is 0.471 bits per heavy atom. The lowest BCUT2D eigenvalue weighted by Crippen LogP contribution is -3.00. The number of benzene rings is 2. The van der Waals surface area contributed by atoms with Gasteiger partial charge in [0.1, 0.15) is 13.1 Å². The highest BCUT2D eigenvalue weighted by atomic mass is 79.9. The number of hydrogen-bond acceptors (Lipinski definition) is 2. The van der Waals surface area contributed by atoms with E-state index in [2.05, 4.69) is 9.13 Å². The summed E-state index contributed by atoms with van der Waals surface area (Å²) >= 11 is 0. The summed E-state index contributed by atoms with van der Waals surface area (Å²) in [6, 6.07) is 26.2. The molecule has 2 aromatic carbocycles. The molecule has 174 valence electrons. The van der Waals surface area contributed by atoms with Gasteiger partial charge in [-0.3, -0.25) is 9.59 Å². The minimum atomic E-state index is 0. The summed E-state index contributed by atoms with van der Waals surface area (Å²) in [7, 11) is 0. The van der Waals surface area contributed by atoms with E-state index < -0.39 is 0 Å². The quantitative estimate of drug-likeness (QED) is 0.133. The lowest BCUT2D eigenvalue weighted by Gasteiger charge is -2.02. The fraction of sp³-hybridized carbons (Fsp3) is 0.143. The van der Waals surface area contributed by atoms with Crippen LogP contribution in [0.1, 0.15) is 44.7 Å². The Kier molecular flexibility index (Phi) is 11.0. The highest BCUT2D eigenvalue weighted by molar-refractivity contribution is 6.09. The number of halogens is 2. The highest BCUT2D eigenvalue weighted by Gasteiger charge is 2.12. The van der Waals surface area contributed by atoms with Gasteiger partial charge in [-0.15, -0.1) is 0 Å². The molecule has 0 radical (unpaired) electrons. The number of carbonyl (C=O) groups is 2. The van der Waals surface area contributed by atoms with Gasteiger partial charge in [-0.2, -0.15) is 0 Å². The standard InChI is InChI=1S/C28H26N2O2.2BrH/c31-27(23-9-3-1-4-10-23)25-13-19-29(20-14-25)17-7-8-18-30-21-15-26(16-22-30)28(32)24-11-5-2-6-12-24;;/h1-6,9-16,19-22H,7-8,17-18H2;2*1H/q+2;;/p-2. The van der Waals surface area contributed by atoms with Crippen LogP contribution in [0, 0.1) is 0 Å². The molecule has 4 nitrogen and oxygen atoms in total. The van der Waals surface area contributed by atoms with Crippen molar-refractivity contribution < 1.29 is 52.7 Å². The zero-order valence-corrected chi connectivity index (χ0v) is 21.9. The average Bonchev–Trinajstić information content (AvgIpc) is 2.87. The molecule has 2 heterocycles. The van der Waals surface area contributed by atoms with E-state index in [0.29, 0.717) is 22.3 Å². The van der Waals surface area contributed by atoms with E-state index >= 15 is 0 Å². The largest absolute Gasteiger partial charge is 1.00 e. The van der Waals surface area contributed by atoms with Gasteiger partial charge in [-0.25, -0.2) is 9.13 Å². The molecule has 34 heavy (non-hydrogen) atoms. The summed E-state index contributed by atoms with van der Waals surface area (Å²) in [4.78, 5) is 25.0. The van der Waals surface area contributed by atoms with Crippen LogP contribution in [0.25, 0.3) is 0 Å². The Morgan fingerprint density at radius 2 is 0.765 bits per heavy atom. The average molecular weight is 582 g/mol. The van der Waals surface area contributed by atoms with Gasteiger partial charge in [0, 0.05) is 59.4 Å².